The van der Waals surface area contributed by atoms with Gasteiger partial charge in [0.15, 0.2) is 11.5 Å². The molecule has 3 aromatic rings. The predicted octanol–water partition coefficient (Wildman–Crippen LogP) is 2.10. The molecular formula is C21H20FN5O4. The van der Waals surface area contributed by atoms with Crippen molar-refractivity contribution in [3.63, 3.8) is 0 Å². The molecule has 0 atom stereocenters. The van der Waals surface area contributed by atoms with Gasteiger partial charge in [-0.15, -0.1) is 0 Å². The first-order valence-corrected chi connectivity index (χ1v) is 9.21. The van der Waals surface area contributed by atoms with E-state index in [1.807, 2.05) is 0 Å². The lowest BCUT2D eigenvalue weighted by atomic mass is 10.1. The maximum Gasteiger partial charge on any atom is 0.334 e. The van der Waals surface area contributed by atoms with Gasteiger partial charge in [-0.2, -0.15) is 0 Å². The average Bonchev–Trinajstić information content (AvgIpc) is 2.73. The van der Waals surface area contributed by atoms with E-state index >= 15 is 0 Å². The fraction of sp³-hybridized carbons (Fsp3) is 0.143. The van der Waals surface area contributed by atoms with Crippen LogP contribution in [0.15, 0.2) is 62.0 Å². The van der Waals surface area contributed by atoms with E-state index in [9.17, 15) is 24.2 Å². The van der Waals surface area contributed by atoms with Gasteiger partial charge in [-0.25, -0.2) is 18.7 Å². The van der Waals surface area contributed by atoms with Gasteiger partial charge in [-0.3, -0.25) is 14.8 Å². The topological polar surface area (TPSA) is 132 Å². The number of anilines is 1. The summed E-state index contributed by atoms with van der Waals surface area (Å²) in [6.07, 6.45) is 0.436. The number of hydrogen-bond acceptors (Lipinski definition) is 5. The lowest BCUT2D eigenvalue weighted by molar-refractivity contribution is 0.403. The Hall–Kier alpha value is -4.21. The number of aromatic nitrogens is 2. The van der Waals surface area contributed by atoms with E-state index in [-0.39, 0.29) is 41.1 Å². The predicted molar refractivity (Wildman–Crippen MR) is 116 cm³/mol. The van der Waals surface area contributed by atoms with Crippen molar-refractivity contribution in [1.82, 2.24) is 9.55 Å². The molecule has 0 aliphatic carbocycles. The molecule has 3 rings (SSSR count). The van der Waals surface area contributed by atoms with Crippen molar-refractivity contribution in [2.75, 3.05) is 11.9 Å². The fourth-order valence-corrected chi connectivity index (χ4v) is 2.85. The summed E-state index contributed by atoms with van der Waals surface area (Å²) in [5, 5.41) is 21.7. The minimum absolute atomic E-state index is 0.0738. The number of guanidine groups is 1. The third kappa shape index (κ3) is 4.86. The summed E-state index contributed by atoms with van der Waals surface area (Å²) in [7, 11) is 0. The monoisotopic (exact) mass is 425 g/mol. The molecule has 0 bridgehead atoms. The fourth-order valence-electron chi connectivity index (χ4n) is 2.85. The molecule has 2 aromatic carbocycles. The van der Waals surface area contributed by atoms with Crippen LogP contribution < -0.4 is 16.6 Å². The van der Waals surface area contributed by atoms with Crippen LogP contribution in [0.3, 0.4) is 0 Å². The third-order valence-electron chi connectivity index (χ3n) is 4.49. The van der Waals surface area contributed by atoms with Crippen LogP contribution in [0, 0.1) is 12.7 Å². The van der Waals surface area contributed by atoms with Crippen molar-refractivity contribution in [2.24, 2.45) is 9.98 Å². The number of rotatable bonds is 5. The molecule has 0 aliphatic heterocycles. The molecule has 0 fully saturated rings. The highest BCUT2D eigenvalue weighted by atomic mass is 19.1. The molecule has 10 heteroatoms. The SMILES string of the molecule is C=NC(=NCCc1ccc(O)c(O)c1)Nc1[nH]c(=O)n(-c2cccc(F)c2)c(=O)c1C. The van der Waals surface area contributed by atoms with Gasteiger partial charge in [0.25, 0.3) is 5.56 Å². The van der Waals surface area contributed by atoms with Crippen molar-refractivity contribution in [1.29, 1.82) is 0 Å². The Bertz CT molecular complexity index is 1280. The summed E-state index contributed by atoms with van der Waals surface area (Å²) in [6, 6.07) is 9.59. The van der Waals surface area contributed by atoms with Crippen LogP contribution in [0.5, 0.6) is 11.5 Å². The molecule has 0 saturated carbocycles. The largest absolute Gasteiger partial charge is 0.504 e. The van der Waals surface area contributed by atoms with Crippen LogP contribution in [0.1, 0.15) is 11.1 Å². The van der Waals surface area contributed by atoms with Crippen LogP contribution in [-0.4, -0.2) is 39.0 Å². The van der Waals surface area contributed by atoms with Gasteiger partial charge in [0.1, 0.15) is 11.6 Å². The molecule has 1 aromatic heterocycles. The minimum atomic E-state index is -0.758. The number of phenolic OH excluding ortho intramolecular Hbond substituents is 2. The average molecular weight is 425 g/mol. The van der Waals surface area contributed by atoms with Crippen molar-refractivity contribution in [2.45, 2.75) is 13.3 Å². The van der Waals surface area contributed by atoms with Gasteiger partial charge in [-0.05, 0) is 56.0 Å². The zero-order valence-electron chi connectivity index (χ0n) is 16.6. The van der Waals surface area contributed by atoms with E-state index in [2.05, 4.69) is 27.0 Å². The van der Waals surface area contributed by atoms with Gasteiger partial charge < -0.3 is 15.5 Å². The van der Waals surface area contributed by atoms with E-state index < -0.39 is 17.1 Å². The Morgan fingerprint density at radius 2 is 1.97 bits per heavy atom. The van der Waals surface area contributed by atoms with Crippen molar-refractivity contribution < 1.29 is 14.6 Å². The Morgan fingerprint density at radius 1 is 1.19 bits per heavy atom. The van der Waals surface area contributed by atoms with E-state index in [1.54, 1.807) is 6.07 Å². The van der Waals surface area contributed by atoms with Crippen LogP contribution in [0.25, 0.3) is 5.69 Å². The van der Waals surface area contributed by atoms with Gasteiger partial charge in [-0.1, -0.05) is 12.1 Å². The second-order valence-electron chi connectivity index (χ2n) is 6.61. The lowest BCUT2D eigenvalue weighted by Crippen LogP contribution is -2.36. The minimum Gasteiger partial charge on any atom is -0.504 e. The van der Waals surface area contributed by atoms with Crippen molar-refractivity contribution in [3.8, 4) is 17.2 Å². The van der Waals surface area contributed by atoms with E-state index in [4.69, 9.17) is 0 Å². The van der Waals surface area contributed by atoms with Crippen LogP contribution in [0.2, 0.25) is 0 Å². The summed E-state index contributed by atoms with van der Waals surface area (Å²) < 4.78 is 14.3. The molecular weight excluding hydrogens is 405 g/mol. The summed E-state index contributed by atoms with van der Waals surface area (Å²) in [6.45, 7) is 5.18. The molecule has 0 radical (unpaired) electrons. The third-order valence-corrected chi connectivity index (χ3v) is 4.49. The van der Waals surface area contributed by atoms with Gasteiger partial charge >= 0.3 is 5.69 Å². The Kier molecular flexibility index (Phi) is 6.29. The number of halogens is 1. The summed E-state index contributed by atoms with van der Waals surface area (Å²) in [5.74, 6) is -0.847. The molecule has 1 heterocycles. The molecule has 0 amide bonds. The quantitative estimate of drug-likeness (QED) is 0.282. The van der Waals surface area contributed by atoms with E-state index in [0.717, 1.165) is 16.2 Å². The second-order valence-corrected chi connectivity index (χ2v) is 6.61. The number of aromatic hydroxyl groups is 2. The first-order valence-electron chi connectivity index (χ1n) is 9.21. The van der Waals surface area contributed by atoms with Gasteiger partial charge in [0.2, 0.25) is 5.96 Å². The molecule has 0 unspecified atom stereocenters. The normalized spacial score (nSPS) is 11.4. The highest BCUT2D eigenvalue weighted by molar-refractivity contribution is 5.96. The second kappa shape index (κ2) is 9.08. The maximum absolute atomic E-state index is 13.5. The number of nitrogens with zero attached hydrogens (tertiary/aromatic N) is 3. The van der Waals surface area contributed by atoms with Gasteiger partial charge in [0.05, 0.1) is 11.3 Å². The molecule has 4 N–H and O–H groups in total. The van der Waals surface area contributed by atoms with Crippen LogP contribution in [0.4, 0.5) is 10.2 Å². The van der Waals surface area contributed by atoms with Crippen molar-refractivity contribution in [3.05, 3.63) is 80.2 Å². The summed E-state index contributed by atoms with van der Waals surface area (Å²) in [4.78, 5) is 35.7. The molecule has 31 heavy (non-hydrogen) atoms. The molecule has 0 spiro atoms. The van der Waals surface area contributed by atoms with Crippen LogP contribution in [-0.2, 0) is 6.42 Å². The molecule has 0 aliphatic rings. The van der Waals surface area contributed by atoms with E-state index in [1.165, 1.54) is 37.3 Å². The highest BCUT2D eigenvalue weighted by Gasteiger charge is 2.13. The number of aromatic amines is 1. The maximum atomic E-state index is 13.5. The smallest absolute Gasteiger partial charge is 0.334 e. The molecule has 0 saturated heterocycles. The number of phenols is 2. The zero-order valence-corrected chi connectivity index (χ0v) is 16.6. The standard InChI is InChI=1S/C21H20FN5O4/c1-12-18(26-21(31)27(19(12)30)15-5-3-4-14(22)11-15)25-20(23-2)24-9-8-13-6-7-16(28)17(29)10-13/h3-7,10-11,28-29H,2,8-9H2,1H3,(H,24,25)(H,26,31). The zero-order chi connectivity index (χ0) is 22.5. The number of hydrogen-bond donors (Lipinski definition) is 4. The first kappa shape index (κ1) is 21.5. The Morgan fingerprint density at radius 3 is 2.65 bits per heavy atom. The Labute approximate surface area is 175 Å². The number of H-pyrrole nitrogens is 1. The summed E-state index contributed by atoms with van der Waals surface area (Å²) >= 11 is 0. The number of nitrogens with one attached hydrogen (secondary N) is 2. The Balaban J connectivity index is 1.82. The van der Waals surface area contributed by atoms with Gasteiger partial charge in [0, 0.05) is 6.54 Å². The lowest BCUT2D eigenvalue weighted by Gasteiger charge is -2.11. The van der Waals surface area contributed by atoms with E-state index in [0.29, 0.717) is 6.42 Å². The number of aliphatic imine (C=N–C) groups is 2. The first-order chi connectivity index (χ1) is 14.8. The molecule has 9 nitrogen and oxygen atoms in total. The van der Waals surface area contributed by atoms with Crippen LogP contribution >= 0.6 is 0 Å². The number of benzene rings is 2. The highest BCUT2D eigenvalue weighted by Crippen LogP contribution is 2.25. The van der Waals surface area contributed by atoms with Crippen molar-refractivity contribution >= 4 is 18.5 Å². The molecule has 160 valence electrons. The summed E-state index contributed by atoms with van der Waals surface area (Å²) in [5.41, 5.74) is -0.367.